The molecule has 3 heterocycles. The number of aryl methyl sites for hydroxylation is 1. The van der Waals surface area contributed by atoms with Gasteiger partial charge in [-0.15, -0.1) is 0 Å². The molecule has 0 N–H and O–H groups in total. The lowest BCUT2D eigenvalue weighted by atomic mass is 10.1. The van der Waals surface area contributed by atoms with E-state index >= 15 is 0 Å². The van der Waals surface area contributed by atoms with Crippen LogP contribution in [0.4, 0.5) is 0 Å². The molecule has 1 saturated heterocycles. The Balaban J connectivity index is 1.30. The number of benzene rings is 1. The smallest absolute Gasteiger partial charge is 0.289 e. The zero-order chi connectivity index (χ0) is 20.2. The lowest BCUT2D eigenvalue weighted by Gasteiger charge is -2.34. The van der Waals surface area contributed by atoms with E-state index in [1.807, 2.05) is 0 Å². The van der Waals surface area contributed by atoms with Crippen LogP contribution in [0.2, 0.25) is 0 Å². The molecule has 1 aliphatic heterocycles. The first kappa shape index (κ1) is 18.7. The highest BCUT2D eigenvalue weighted by molar-refractivity contribution is 5.95. The molecule has 29 heavy (non-hydrogen) atoms. The van der Waals surface area contributed by atoms with Gasteiger partial charge >= 0.3 is 0 Å². The highest BCUT2D eigenvalue weighted by Crippen LogP contribution is 2.17. The summed E-state index contributed by atoms with van der Waals surface area (Å²) in [6.07, 6.45) is 1.48. The predicted octanol–water partition coefficient (Wildman–Crippen LogP) is 2.15. The summed E-state index contributed by atoms with van der Waals surface area (Å²) >= 11 is 0. The van der Waals surface area contributed by atoms with Crippen LogP contribution in [0.15, 0.2) is 51.6 Å². The maximum atomic E-state index is 12.7. The Hall–Kier alpha value is -3.62. The van der Waals surface area contributed by atoms with Crippen molar-refractivity contribution >= 4 is 11.8 Å². The van der Waals surface area contributed by atoms with Crippen LogP contribution in [0.3, 0.4) is 0 Å². The number of carbonyl (C=O) groups is 2. The van der Waals surface area contributed by atoms with E-state index in [4.69, 9.17) is 13.7 Å². The van der Waals surface area contributed by atoms with Crippen molar-refractivity contribution in [1.29, 1.82) is 0 Å². The van der Waals surface area contributed by atoms with Gasteiger partial charge in [0.05, 0.1) is 6.26 Å². The SMILES string of the molecule is Cc1nc(COc2ccc(C(=O)N3CCN(C(=O)c4ccco4)CC3)cc2)no1. The Labute approximate surface area is 166 Å². The molecule has 4 rings (SSSR count). The third kappa shape index (κ3) is 4.29. The van der Waals surface area contributed by atoms with Crippen molar-refractivity contribution in [1.82, 2.24) is 19.9 Å². The molecule has 150 valence electrons. The van der Waals surface area contributed by atoms with Gasteiger partial charge < -0.3 is 23.5 Å². The van der Waals surface area contributed by atoms with E-state index in [-0.39, 0.29) is 18.4 Å². The molecule has 0 aliphatic carbocycles. The molecule has 1 aromatic carbocycles. The largest absolute Gasteiger partial charge is 0.485 e. The van der Waals surface area contributed by atoms with Gasteiger partial charge in [0.2, 0.25) is 11.7 Å². The number of hydrogen-bond donors (Lipinski definition) is 0. The van der Waals surface area contributed by atoms with E-state index in [1.165, 1.54) is 6.26 Å². The van der Waals surface area contributed by atoms with Crippen molar-refractivity contribution in [3.05, 3.63) is 65.7 Å². The first-order chi connectivity index (χ1) is 14.1. The van der Waals surface area contributed by atoms with Crippen molar-refractivity contribution < 1.29 is 23.3 Å². The summed E-state index contributed by atoms with van der Waals surface area (Å²) in [5, 5.41) is 3.77. The highest BCUT2D eigenvalue weighted by atomic mass is 16.5. The number of amides is 2. The van der Waals surface area contributed by atoms with Crippen LogP contribution in [0.25, 0.3) is 0 Å². The molecule has 3 aromatic rings. The van der Waals surface area contributed by atoms with Gasteiger partial charge in [0.25, 0.3) is 11.8 Å². The van der Waals surface area contributed by atoms with Crippen LogP contribution >= 0.6 is 0 Å². The lowest BCUT2D eigenvalue weighted by Crippen LogP contribution is -2.50. The van der Waals surface area contributed by atoms with Gasteiger partial charge in [-0.1, -0.05) is 5.16 Å². The van der Waals surface area contributed by atoms with Crippen LogP contribution < -0.4 is 4.74 Å². The lowest BCUT2D eigenvalue weighted by molar-refractivity contribution is 0.0518. The van der Waals surface area contributed by atoms with Crippen LogP contribution in [0.5, 0.6) is 5.75 Å². The molecule has 1 fully saturated rings. The number of hydrogen-bond acceptors (Lipinski definition) is 7. The number of carbonyl (C=O) groups excluding carboxylic acids is 2. The van der Waals surface area contributed by atoms with E-state index in [1.54, 1.807) is 53.1 Å². The molecular weight excluding hydrogens is 376 g/mol. The van der Waals surface area contributed by atoms with Crippen LogP contribution in [-0.2, 0) is 6.61 Å². The molecule has 0 radical (unpaired) electrons. The Morgan fingerprint density at radius 1 is 1.03 bits per heavy atom. The molecule has 0 spiro atoms. The molecule has 0 atom stereocenters. The molecular formula is C20H20N4O5. The monoisotopic (exact) mass is 396 g/mol. The third-order valence-electron chi connectivity index (χ3n) is 4.62. The van der Waals surface area contributed by atoms with Crippen molar-refractivity contribution in [2.75, 3.05) is 26.2 Å². The van der Waals surface area contributed by atoms with Gasteiger partial charge in [0.15, 0.2) is 12.4 Å². The van der Waals surface area contributed by atoms with E-state index in [9.17, 15) is 9.59 Å². The predicted molar refractivity (Wildman–Crippen MR) is 100 cm³/mol. The Kier molecular flexibility index (Phi) is 5.28. The van der Waals surface area contributed by atoms with Gasteiger partial charge in [-0.3, -0.25) is 9.59 Å². The zero-order valence-electron chi connectivity index (χ0n) is 15.9. The van der Waals surface area contributed by atoms with E-state index < -0.39 is 0 Å². The second-order valence-electron chi connectivity index (χ2n) is 6.60. The molecule has 1 aliphatic rings. The van der Waals surface area contributed by atoms with Crippen LogP contribution in [-0.4, -0.2) is 57.9 Å². The molecule has 9 nitrogen and oxygen atoms in total. The summed E-state index contributed by atoms with van der Waals surface area (Å²) < 4.78 is 15.6. The molecule has 2 amide bonds. The maximum Gasteiger partial charge on any atom is 0.289 e. The van der Waals surface area contributed by atoms with Gasteiger partial charge in [0.1, 0.15) is 5.75 Å². The number of furan rings is 1. The second kappa shape index (κ2) is 8.17. The topological polar surface area (TPSA) is 102 Å². The van der Waals surface area contributed by atoms with Crippen molar-refractivity contribution in [2.24, 2.45) is 0 Å². The molecule has 2 aromatic heterocycles. The second-order valence-corrected chi connectivity index (χ2v) is 6.60. The van der Waals surface area contributed by atoms with Crippen molar-refractivity contribution in [3.63, 3.8) is 0 Å². The number of nitrogens with zero attached hydrogens (tertiary/aromatic N) is 4. The average molecular weight is 396 g/mol. The van der Waals surface area contributed by atoms with Gasteiger partial charge in [-0.2, -0.15) is 4.98 Å². The summed E-state index contributed by atoms with van der Waals surface area (Å²) in [7, 11) is 0. The fourth-order valence-electron chi connectivity index (χ4n) is 3.09. The summed E-state index contributed by atoms with van der Waals surface area (Å²) in [5.74, 6) is 1.64. The summed E-state index contributed by atoms with van der Waals surface area (Å²) in [5.41, 5.74) is 0.568. The number of aromatic nitrogens is 2. The molecule has 9 heteroatoms. The number of ether oxygens (including phenoxy) is 1. The van der Waals surface area contributed by atoms with Gasteiger partial charge in [0, 0.05) is 38.7 Å². The highest BCUT2D eigenvalue weighted by Gasteiger charge is 2.26. The van der Waals surface area contributed by atoms with Gasteiger partial charge in [-0.05, 0) is 36.4 Å². The summed E-state index contributed by atoms with van der Waals surface area (Å²) in [6, 6.07) is 10.2. The van der Waals surface area contributed by atoms with Crippen molar-refractivity contribution in [3.8, 4) is 5.75 Å². The fraction of sp³-hybridized carbons (Fsp3) is 0.300. The minimum absolute atomic E-state index is 0.0737. The molecule has 0 saturated carbocycles. The fourth-order valence-corrected chi connectivity index (χ4v) is 3.09. The minimum Gasteiger partial charge on any atom is -0.485 e. The standard InChI is InChI=1S/C20H20N4O5/c1-14-21-18(22-29-14)13-28-16-6-4-15(5-7-16)19(25)23-8-10-24(11-9-23)20(26)17-3-2-12-27-17/h2-7,12H,8-11,13H2,1H3. The normalized spacial score (nSPS) is 14.1. The van der Waals surface area contributed by atoms with E-state index in [0.29, 0.717) is 55.0 Å². The van der Waals surface area contributed by atoms with Crippen LogP contribution in [0, 0.1) is 6.92 Å². The average Bonchev–Trinajstić information content (AvgIpc) is 3.44. The number of piperazine rings is 1. The quantitative estimate of drug-likeness (QED) is 0.651. The van der Waals surface area contributed by atoms with Crippen LogP contribution in [0.1, 0.15) is 32.6 Å². The van der Waals surface area contributed by atoms with E-state index in [0.717, 1.165) is 0 Å². The Morgan fingerprint density at radius 3 is 2.31 bits per heavy atom. The first-order valence-electron chi connectivity index (χ1n) is 9.24. The van der Waals surface area contributed by atoms with Gasteiger partial charge in [-0.25, -0.2) is 0 Å². The summed E-state index contributed by atoms with van der Waals surface area (Å²) in [4.78, 5) is 32.5. The van der Waals surface area contributed by atoms with Crippen molar-refractivity contribution in [2.45, 2.75) is 13.5 Å². The molecule has 0 unspecified atom stereocenters. The minimum atomic E-state index is -0.152. The Morgan fingerprint density at radius 2 is 1.72 bits per heavy atom. The maximum absolute atomic E-state index is 12.7. The first-order valence-corrected chi connectivity index (χ1v) is 9.24. The Bertz CT molecular complexity index is 973. The third-order valence-corrected chi connectivity index (χ3v) is 4.62. The zero-order valence-corrected chi connectivity index (χ0v) is 15.9. The number of rotatable bonds is 5. The summed E-state index contributed by atoms with van der Waals surface area (Å²) in [6.45, 7) is 3.79. The van der Waals surface area contributed by atoms with E-state index in [2.05, 4.69) is 10.1 Å². The molecule has 0 bridgehead atoms.